The van der Waals surface area contributed by atoms with Gasteiger partial charge in [0.2, 0.25) is 0 Å². The number of nitrogens with zero attached hydrogens (tertiary/aromatic N) is 3. The average Bonchev–Trinajstić information content (AvgIpc) is 2.91. The molecule has 0 saturated carbocycles. The van der Waals surface area contributed by atoms with Crippen LogP contribution >= 0.6 is 0 Å². The van der Waals surface area contributed by atoms with Crippen molar-refractivity contribution < 1.29 is 4.74 Å². The van der Waals surface area contributed by atoms with E-state index in [1.807, 2.05) is 36.4 Å². The molecule has 1 aromatic heterocycles. The van der Waals surface area contributed by atoms with Crippen molar-refractivity contribution in [2.24, 2.45) is 5.73 Å². The third-order valence-electron chi connectivity index (χ3n) is 3.61. The van der Waals surface area contributed by atoms with Gasteiger partial charge in [-0.25, -0.2) is 4.98 Å². The van der Waals surface area contributed by atoms with Gasteiger partial charge >= 0.3 is 0 Å². The Kier molecular flexibility index (Phi) is 3.77. The average molecular weight is 292 g/mol. The molecule has 22 heavy (non-hydrogen) atoms. The summed E-state index contributed by atoms with van der Waals surface area (Å²) in [5, 5.41) is 9.02. The van der Waals surface area contributed by atoms with Crippen molar-refractivity contribution in [3.05, 3.63) is 59.4 Å². The molecule has 0 unspecified atom stereocenters. The molecule has 110 valence electrons. The summed E-state index contributed by atoms with van der Waals surface area (Å²) in [5.74, 6) is 1.58. The largest absolute Gasteiger partial charge is 0.497 e. The number of imidazole rings is 1. The van der Waals surface area contributed by atoms with E-state index in [4.69, 9.17) is 15.7 Å². The van der Waals surface area contributed by atoms with E-state index in [1.54, 1.807) is 13.2 Å². The first-order valence-corrected chi connectivity index (χ1v) is 6.97. The van der Waals surface area contributed by atoms with Gasteiger partial charge in [-0.3, -0.25) is 0 Å². The number of hydrogen-bond acceptors (Lipinski definition) is 4. The Labute approximate surface area is 128 Å². The Morgan fingerprint density at radius 3 is 2.86 bits per heavy atom. The maximum Gasteiger partial charge on any atom is 0.123 e. The van der Waals surface area contributed by atoms with E-state index in [-0.39, 0.29) is 0 Å². The lowest BCUT2D eigenvalue weighted by atomic mass is 10.1. The van der Waals surface area contributed by atoms with Gasteiger partial charge in [0, 0.05) is 12.6 Å². The highest BCUT2D eigenvalue weighted by Gasteiger charge is 2.11. The van der Waals surface area contributed by atoms with Crippen LogP contribution in [0.15, 0.2) is 42.5 Å². The number of rotatable bonds is 4. The molecule has 0 aliphatic carbocycles. The predicted molar refractivity (Wildman–Crippen MR) is 84.4 cm³/mol. The quantitative estimate of drug-likeness (QED) is 0.801. The number of fused-ring (bicyclic) bond motifs is 1. The summed E-state index contributed by atoms with van der Waals surface area (Å²) < 4.78 is 7.31. The zero-order valence-electron chi connectivity index (χ0n) is 12.3. The zero-order valence-corrected chi connectivity index (χ0v) is 12.3. The second-order valence-electron chi connectivity index (χ2n) is 4.99. The van der Waals surface area contributed by atoms with Gasteiger partial charge in [0.1, 0.15) is 11.6 Å². The van der Waals surface area contributed by atoms with E-state index in [9.17, 15) is 0 Å². The first-order chi connectivity index (χ1) is 10.7. The van der Waals surface area contributed by atoms with Gasteiger partial charge in [-0.15, -0.1) is 0 Å². The van der Waals surface area contributed by atoms with Gasteiger partial charge in [0.05, 0.1) is 36.3 Å². The molecule has 2 N–H and O–H groups in total. The van der Waals surface area contributed by atoms with Crippen LogP contribution in [-0.2, 0) is 13.1 Å². The van der Waals surface area contributed by atoms with Gasteiger partial charge in [-0.1, -0.05) is 12.1 Å². The molecule has 0 fully saturated rings. The van der Waals surface area contributed by atoms with Crippen molar-refractivity contribution >= 4 is 11.0 Å². The van der Waals surface area contributed by atoms with Crippen LogP contribution in [0.3, 0.4) is 0 Å². The Bertz CT molecular complexity index is 861. The van der Waals surface area contributed by atoms with Crippen LogP contribution < -0.4 is 10.5 Å². The fraction of sp³-hybridized carbons (Fsp3) is 0.176. The van der Waals surface area contributed by atoms with Gasteiger partial charge in [-0.05, 0) is 29.8 Å². The molecule has 0 aliphatic rings. The smallest absolute Gasteiger partial charge is 0.123 e. The summed E-state index contributed by atoms with van der Waals surface area (Å²) in [6.07, 6.45) is 0. The number of nitrogens with two attached hydrogens (primary N) is 1. The maximum absolute atomic E-state index is 9.02. The minimum Gasteiger partial charge on any atom is -0.497 e. The fourth-order valence-electron chi connectivity index (χ4n) is 2.54. The Morgan fingerprint density at radius 2 is 2.14 bits per heavy atom. The first kappa shape index (κ1) is 14.1. The molecule has 0 atom stereocenters. The molecular weight excluding hydrogens is 276 g/mol. The standard InChI is InChI=1S/C17H16N4O/c1-22-14-5-6-16-15(8-14)20-17(10-19)21(16)11-13-4-2-3-12(7-13)9-18/h2-8H,10-11,19H2,1H3. The van der Waals surface area contributed by atoms with Crippen LogP contribution in [0.4, 0.5) is 0 Å². The lowest BCUT2D eigenvalue weighted by molar-refractivity contribution is 0.415. The number of nitriles is 1. The fourth-order valence-corrected chi connectivity index (χ4v) is 2.54. The van der Waals surface area contributed by atoms with Crippen molar-refractivity contribution in [1.29, 1.82) is 5.26 Å². The molecule has 2 aromatic carbocycles. The number of ether oxygens (including phenoxy) is 1. The summed E-state index contributed by atoms with van der Waals surface area (Å²) in [6, 6.07) is 15.5. The zero-order chi connectivity index (χ0) is 15.5. The molecule has 3 rings (SSSR count). The summed E-state index contributed by atoms with van der Waals surface area (Å²) in [4.78, 5) is 4.57. The normalized spacial score (nSPS) is 10.6. The summed E-state index contributed by atoms with van der Waals surface area (Å²) in [7, 11) is 1.63. The van der Waals surface area contributed by atoms with E-state index in [2.05, 4.69) is 15.6 Å². The highest BCUT2D eigenvalue weighted by Crippen LogP contribution is 2.23. The predicted octanol–water partition coefficient (Wildman–Crippen LogP) is 2.42. The maximum atomic E-state index is 9.02. The number of aromatic nitrogens is 2. The monoisotopic (exact) mass is 292 g/mol. The van der Waals surface area contributed by atoms with Gasteiger partial charge in [0.15, 0.2) is 0 Å². The lowest BCUT2D eigenvalue weighted by Gasteiger charge is -2.09. The third-order valence-corrected chi connectivity index (χ3v) is 3.61. The number of methoxy groups -OCH3 is 1. The molecule has 0 radical (unpaired) electrons. The molecule has 0 amide bonds. The van der Waals surface area contributed by atoms with E-state index in [0.717, 1.165) is 28.2 Å². The number of hydrogen-bond donors (Lipinski definition) is 1. The highest BCUT2D eigenvalue weighted by molar-refractivity contribution is 5.78. The molecular formula is C17H16N4O. The summed E-state index contributed by atoms with van der Waals surface area (Å²) in [6.45, 7) is 0.986. The van der Waals surface area contributed by atoms with E-state index in [0.29, 0.717) is 18.7 Å². The second-order valence-corrected chi connectivity index (χ2v) is 4.99. The van der Waals surface area contributed by atoms with E-state index < -0.39 is 0 Å². The van der Waals surface area contributed by atoms with Crippen LogP contribution in [0.5, 0.6) is 5.75 Å². The minimum absolute atomic E-state index is 0.356. The molecule has 5 heteroatoms. The van der Waals surface area contributed by atoms with Crippen molar-refractivity contribution in [2.45, 2.75) is 13.1 Å². The van der Waals surface area contributed by atoms with Crippen molar-refractivity contribution in [3.63, 3.8) is 0 Å². The molecule has 0 saturated heterocycles. The molecule has 1 heterocycles. The topological polar surface area (TPSA) is 76.9 Å². The number of benzene rings is 2. The molecule has 3 aromatic rings. The van der Waals surface area contributed by atoms with Crippen LogP contribution in [0.1, 0.15) is 17.0 Å². The molecule has 0 spiro atoms. The van der Waals surface area contributed by atoms with E-state index >= 15 is 0 Å². The lowest BCUT2D eigenvalue weighted by Crippen LogP contribution is -2.09. The SMILES string of the molecule is COc1ccc2c(c1)nc(CN)n2Cc1cccc(C#N)c1. The highest BCUT2D eigenvalue weighted by atomic mass is 16.5. The van der Waals surface area contributed by atoms with Crippen LogP contribution in [0.2, 0.25) is 0 Å². The minimum atomic E-state index is 0.356. The molecule has 0 aliphatic heterocycles. The summed E-state index contributed by atoms with van der Waals surface area (Å²) in [5.41, 5.74) is 9.38. The first-order valence-electron chi connectivity index (χ1n) is 6.97. The van der Waals surface area contributed by atoms with Gasteiger partial charge in [-0.2, -0.15) is 5.26 Å². The van der Waals surface area contributed by atoms with Crippen molar-refractivity contribution in [3.8, 4) is 11.8 Å². The Hall–Kier alpha value is -2.84. The van der Waals surface area contributed by atoms with Crippen LogP contribution in [0.25, 0.3) is 11.0 Å². The molecule has 5 nitrogen and oxygen atoms in total. The second kappa shape index (κ2) is 5.88. The van der Waals surface area contributed by atoms with Gasteiger partial charge < -0.3 is 15.0 Å². The van der Waals surface area contributed by atoms with Gasteiger partial charge in [0.25, 0.3) is 0 Å². The van der Waals surface area contributed by atoms with Crippen molar-refractivity contribution in [2.75, 3.05) is 7.11 Å². The van der Waals surface area contributed by atoms with E-state index in [1.165, 1.54) is 0 Å². The third kappa shape index (κ3) is 2.52. The van der Waals surface area contributed by atoms with Crippen LogP contribution in [-0.4, -0.2) is 16.7 Å². The Balaban J connectivity index is 2.07. The van der Waals surface area contributed by atoms with Crippen molar-refractivity contribution in [1.82, 2.24) is 9.55 Å². The van der Waals surface area contributed by atoms with Crippen LogP contribution in [0, 0.1) is 11.3 Å². The Morgan fingerprint density at radius 1 is 1.27 bits per heavy atom. The summed E-state index contributed by atoms with van der Waals surface area (Å²) >= 11 is 0. The molecule has 0 bridgehead atoms.